The molecule has 96 valence electrons. The van der Waals surface area contributed by atoms with Gasteiger partial charge in [-0.15, -0.1) is 0 Å². The highest BCUT2D eigenvalue weighted by Crippen LogP contribution is 2.34. The molecule has 0 saturated heterocycles. The molecule has 0 atom stereocenters. The largest absolute Gasteiger partial charge is 0.506 e. The maximum Gasteiger partial charge on any atom is 0.151 e. The molecular formula is C13H7FI2N2O. The van der Waals surface area contributed by atoms with Crippen LogP contribution in [0.2, 0.25) is 0 Å². The first-order valence-corrected chi connectivity index (χ1v) is 7.54. The summed E-state index contributed by atoms with van der Waals surface area (Å²) in [6.45, 7) is 0. The molecule has 0 amide bonds. The van der Waals surface area contributed by atoms with Crippen LogP contribution in [0.5, 0.6) is 5.75 Å². The number of phenolic OH excluding ortho intramolecular Hbond substituents is 1. The van der Waals surface area contributed by atoms with Gasteiger partial charge in [-0.25, -0.2) is 9.37 Å². The minimum atomic E-state index is -0.375. The average Bonchev–Trinajstić information content (AvgIpc) is 2.79. The lowest BCUT2D eigenvalue weighted by Crippen LogP contribution is -1.86. The fourth-order valence-electron chi connectivity index (χ4n) is 1.87. The van der Waals surface area contributed by atoms with Crippen LogP contribution in [0.25, 0.3) is 22.4 Å². The minimum absolute atomic E-state index is 0.153. The predicted octanol–water partition coefficient (Wildman–Crippen LogP) is 4.28. The second-order valence-electron chi connectivity index (χ2n) is 4.01. The van der Waals surface area contributed by atoms with Crippen LogP contribution < -0.4 is 0 Å². The van der Waals surface area contributed by atoms with Crippen molar-refractivity contribution < 1.29 is 9.50 Å². The summed E-state index contributed by atoms with van der Waals surface area (Å²) >= 11 is 4.22. The van der Waals surface area contributed by atoms with Gasteiger partial charge in [-0.2, -0.15) is 0 Å². The number of halogens is 3. The maximum absolute atomic E-state index is 13.6. The van der Waals surface area contributed by atoms with Crippen molar-refractivity contribution in [3.8, 4) is 17.1 Å². The van der Waals surface area contributed by atoms with Gasteiger partial charge in [0.05, 0.1) is 14.7 Å². The monoisotopic (exact) mass is 480 g/mol. The van der Waals surface area contributed by atoms with Crippen molar-refractivity contribution >= 4 is 56.2 Å². The predicted molar refractivity (Wildman–Crippen MR) is 88.6 cm³/mol. The van der Waals surface area contributed by atoms with Gasteiger partial charge in [0.1, 0.15) is 17.1 Å². The van der Waals surface area contributed by atoms with Gasteiger partial charge in [0.15, 0.2) is 5.82 Å². The molecule has 0 aliphatic heterocycles. The summed E-state index contributed by atoms with van der Waals surface area (Å²) < 4.78 is 15.3. The van der Waals surface area contributed by atoms with E-state index in [4.69, 9.17) is 0 Å². The molecule has 2 N–H and O–H groups in total. The third-order valence-electron chi connectivity index (χ3n) is 2.75. The highest BCUT2D eigenvalue weighted by Gasteiger charge is 2.14. The first-order chi connectivity index (χ1) is 9.06. The van der Waals surface area contributed by atoms with Gasteiger partial charge in [-0.05, 0) is 69.4 Å². The number of nitrogens with zero attached hydrogens (tertiary/aromatic N) is 1. The van der Waals surface area contributed by atoms with Gasteiger partial charge in [0.25, 0.3) is 0 Å². The quantitative estimate of drug-likeness (QED) is 0.512. The zero-order valence-electron chi connectivity index (χ0n) is 9.42. The minimum Gasteiger partial charge on any atom is -0.506 e. The number of hydrogen-bond donors (Lipinski definition) is 2. The van der Waals surface area contributed by atoms with Crippen LogP contribution in [0.1, 0.15) is 0 Å². The van der Waals surface area contributed by atoms with Crippen LogP contribution in [-0.4, -0.2) is 15.1 Å². The first kappa shape index (κ1) is 13.1. The number of phenols is 1. The van der Waals surface area contributed by atoms with E-state index >= 15 is 0 Å². The Hall–Kier alpha value is -0.900. The lowest BCUT2D eigenvalue weighted by Gasteiger charge is -2.04. The summed E-state index contributed by atoms with van der Waals surface area (Å²) in [5.74, 6) is 0.245. The van der Waals surface area contributed by atoms with Crippen LogP contribution in [0.3, 0.4) is 0 Å². The molecule has 19 heavy (non-hydrogen) atoms. The number of H-pyrrole nitrogens is 1. The van der Waals surface area contributed by atoms with Gasteiger partial charge in [-0.1, -0.05) is 6.07 Å². The van der Waals surface area contributed by atoms with Crippen molar-refractivity contribution in [1.29, 1.82) is 0 Å². The van der Waals surface area contributed by atoms with Gasteiger partial charge in [0, 0.05) is 3.57 Å². The fourth-order valence-corrected chi connectivity index (χ4v) is 3.72. The molecule has 1 heterocycles. The van der Waals surface area contributed by atoms with E-state index in [2.05, 4.69) is 55.1 Å². The summed E-state index contributed by atoms with van der Waals surface area (Å²) in [6, 6.07) is 8.42. The zero-order chi connectivity index (χ0) is 13.6. The maximum atomic E-state index is 13.6. The Kier molecular flexibility index (Phi) is 3.37. The molecule has 0 aliphatic rings. The SMILES string of the molecule is Oc1c(I)cc(I)cc1-c1nc2c(F)cccc2[nH]1. The number of benzene rings is 2. The summed E-state index contributed by atoms with van der Waals surface area (Å²) in [5, 5.41) is 10.1. The number of fused-ring (bicyclic) bond motifs is 1. The highest BCUT2D eigenvalue weighted by molar-refractivity contribution is 14.1. The summed E-state index contributed by atoms with van der Waals surface area (Å²) in [4.78, 5) is 7.26. The summed E-state index contributed by atoms with van der Waals surface area (Å²) in [6.07, 6.45) is 0. The lowest BCUT2D eigenvalue weighted by atomic mass is 10.2. The van der Waals surface area contributed by atoms with Gasteiger partial charge in [-0.3, -0.25) is 0 Å². The second kappa shape index (κ2) is 4.89. The van der Waals surface area contributed by atoms with Gasteiger partial charge >= 0.3 is 0 Å². The number of hydrogen-bond acceptors (Lipinski definition) is 2. The molecule has 0 fully saturated rings. The number of nitrogens with one attached hydrogen (secondary N) is 1. The topological polar surface area (TPSA) is 48.9 Å². The molecule has 0 radical (unpaired) electrons. The third-order valence-corrected chi connectivity index (χ3v) is 4.19. The van der Waals surface area contributed by atoms with Crippen molar-refractivity contribution in [3.63, 3.8) is 0 Å². The van der Waals surface area contributed by atoms with E-state index < -0.39 is 0 Å². The fraction of sp³-hybridized carbons (Fsp3) is 0. The van der Waals surface area contributed by atoms with Crippen molar-refractivity contribution in [3.05, 3.63) is 43.3 Å². The van der Waals surface area contributed by atoms with E-state index in [-0.39, 0.29) is 17.1 Å². The standard InChI is InChI=1S/C13H7FI2N2O/c14-8-2-1-3-10-11(8)18-13(17-10)7-4-6(15)5-9(16)12(7)19/h1-5,19H,(H,17,18). The van der Waals surface area contributed by atoms with E-state index in [1.807, 2.05) is 12.1 Å². The number of rotatable bonds is 1. The van der Waals surface area contributed by atoms with Crippen LogP contribution in [-0.2, 0) is 0 Å². The van der Waals surface area contributed by atoms with E-state index in [1.54, 1.807) is 12.1 Å². The molecule has 2 aromatic carbocycles. The Bertz CT molecular complexity index is 786. The van der Waals surface area contributed by atoms with E-state index in [0.717, 1.165) is 7.14 Å². The van der Waals surface area contributed by atoms with Crippen LogP contribution in [0, 0.1) is 13.0 Å². The van der Waals surface area contributed by atoms with Crippen LogP contribution in [0.15, 0.2) is 30.3 Å². The Morgan fingerprint density at radius 3 is 2.74 bits per heavy atom. The van der Waals surface area contributed by atoms with Crippen LogP contribution in [0.4, 0.5) is 4.39 Å². The molecule has 0 saturated carbocycles. The Labute approximate surface area is 135 Å². The van der Waals surface area contributed by atoms with Gasteiger partial charge in [0.2, 0.25) is 0 Å². The highest BCUT2D eigenvalue weighted by atomic mass is 127. The summed E-state index contributed by atoms with van der Waals surface area (Å²) in [5.41, 5.74) is 1.47. The van der Waals surface area contributed by atoms with E-state index in [9.17, 15) is 9.50 Å². The molecule has 0 bridgehead atoms. The van der Waals surface area contributed by atoms with E-state index in [1.165, 1.54) is 6.07 Å². The first-order valence-electron chi connectivity index (χ1n) is 5.39. The average molecular weight is 480 g/mol. The number of para-hydroxylation sites is 1. The van der Waals surface area contributed by atoms with Crippen LogP contribution >= 0.6 is 45.2 Å². The number of aromatic amines is 1. The Morgan fingerprint density at radius 2 is 2.00 bits per heavy atom. The van der Waals surface area contributed by atoms with Crippen molar-refractivity contribution in [2.75, 3.05) is 0 Å². The Balaban J connectivity index is 2.28. The molecule has 3 nitrogen and oxygen atoms in total. The molecule has 3 aromatic rings. The number of aromatic nitrogens is 2. The van der Waals surface area contributed by atoms with E-state index in [0.29, 0.717) is 16.9 Å². The van der Waals surface area contributed by atoms with Crippen molar-refractivity contribution in [1.82, 2.24) is 9.97 Å². The van der Waals surface area contributed by atoms with Crippen molar-refractivity contribution in [2.45, 2.75) is 0 Å². The molecule has 0 aliphatic carbocycles. The molecule has 1 aromatic heterocycles. The van der Waals surface area contributed by atoms with Gasteiger partial charge < -0.3 is 10.1 Å². The third kappa shape index (κ3) is 2.31. The smallest absolute Gasteiger partial charge is 0.151 e. The number of imidazole rings is 1. The zero-order valence-corrected chi connectivity index (χ0v) is 13.7. The van der Waals surface area contributed by atoms with Crippen molar-refractivity contribution in [2.24, 2.45) is 0 Å². The summed E-state index contributed by atoms with van der Waals surface area (Å²) in [7, 11) is 0. The molecule has 3 rings (SSSR count). The molecule has 0 unspecified atom stereocenters. The second-order valence-corrected chi connectivity index (χ2v) is 6.41. The Morgan fingerprint density at radius 1 is 1.21 bits per heavy atom. The molecular weight excluding hydrogens is 473 g/mol. The number of aromatic hydroxyl groups is 1. The normalized spacial score (nSPS) is 11.1. The molecule has 0 spiro atoms. The molecule has 6 heteroatoms. The lowest BCUT2D eigenvalue weighted by molar-refractivity contribution is 0.473.